The van der Waals surface area contributed by atoms with Crippen LogP contribution in [0.5, 0.6) is 0 Å². The molecule has 0 atom stereocenters. The van der Waals surface area contributed by atoms with Crippen LogP contribution < -0.4 is 10.6 Å². The molecule has 17 heavy (non-hydrogen) atoms. The van der Waals surface area contributed by atoms with Crippen molar-refractivity contribution in [3.63, 3.8) is 0 Å². The summed E-state index contributed by atoms with van der Waals surface area (Å²) in [5, 5.41) is 5.53. The molecule has 0 aromatic heterocycles. The summed E-state index contributed by atoms with van der Waals surface area (Å²) in [5.74, 6) is -1.35. The fourth-order valence-corrected chi connectivity index (χ4v) is 1.37. The molecular formula is C12H15ClN2O2. The maximum Gasteiger partial charge on any atom is 0.313 e. The van der Waals surface area contributed by atoms with Crippen LogP contribution in [0.4, 0.5) is 5.69 Å². The van der Waals surface area contributed by atoms with Gasteiger partial charge in [0.2, 0.25) is 0 Å². The maximum atomic E-state index is 11.5. The molecule has 0 saturated carbocycles. The number of hydrogen-bond donors (Lipinski definition) is 2. The topological polar surface area (TPSA) is 58.2 Å². The molecule has 0 unspecified atom stereocenters. The fraction of sp³-hybridized carbons (Fsp3) is 0.333. The molecule has 2 N–H and O–H groups in total. The second-order valence-electron chi connectivity index (χ2n) is 4.05. The molecule has 5 heteroatoms. The Bertz CT molecular complexity index is 444. The molecule has 92 valence electrons. The number of carbonyl (C=O) groups excluding carboxylic acids is 2. The van der Waals surface area contributed by atoms with Gasteiger partial charge >= 0.3 is 11.8 Å². The minimum absolute atomic E-state index is 0.0742. The van der Waals surface area contributed by atoms with Crippen molar-refractivity contribution in [1.82, 2.24) is 5.32 Å². The molecule has 1 aromatic carbocycles. The Hall–Kier alpha value is -1.55. The number of carbonyl (C=O) groups is 2. The van der Waals surface area contributed by atoms with Gasteiger partial charge in [-0.3, -0.25) is 9.59 Å². The van der Waals surface area contributed by atoms with E-state index in [2.05, 4.69) is 10.6 Å². The van der Waals surface area contributed by atoms with E-state index in [-0.39, 0.29) is 6.04 Å². The van der Waals surface area contributed by atoms with Gasteiger partial charge in [0, 0.05) is 16.8 Å². The third-order valence-electron chi connectivity index (χ3n) is 2.06. The average molecular weight is 255 g/mol. The summed E-state index contributed by atoms with van der Waals surface area (Å²) < 4.78 is 0. The number of amides is 2. The van der Waals surface area contributed by atoms with Crippen molar-refractivity contribution >= 4 is 29.1 Å². The van der Waals surface area contributed by atoms with Crippen molar-refractivity contribution in [2.24, 2.45) is 0 Å². The molecule has 0 saturated heterocycles. The van der Waals surface area contributed by atoms with E-state index in [9.17, 15) is 9.59 Å². The number of hydrogen-bond acceptors (Lipinski definition) is 2. The highest BCUT2D eigenvalue weighted by Crippen LogP contribution is 2.19. The van der Waals surface area contributed by atoms with Crippen LogP contribution in [-0.4, -0.2) is 17.9 Å². The molecule has 1 aromatic rings. The van der Waals surface area contributed by atoms with Crippen molar-refractivity contribution < 1.29 is 9.59 Å². The lowest BCUT2D eigenvalue weighted by molar-refractivity contribution is -0.136. The quantitative estimate of drug-likeness (QED) is 0.795. The van der Waals surface area contributed by atoms with Gasteiger partial charge in [0.15, 0.2) is 0 Å². The lowest BCUT2D eigenvalue weighted by atomic mass is 10.2. The number of anilines is 1. The Kier molecular flexibility index (Phi) is 4.52. The van der Waals surface area contributed by atoms with Crippen LogP contribution in [0.1, 0.15) is 19.4 Å². The van der Waals surface area contributed by atoms with Gasteiger partial charge in [-0.1, -0.05) is 17.7 Å². The summed E-state index contributed by atoms with van der Waals surface area (Å²) >= 11 is 5.91. The van der Waals surface area contributed by atoms with Gasteiger partial charge in [0.25, 0.3) is 0 Å². The summed E-state index contributed by atoms with van der Waals surface area (Å²) in [5.41, 5.74) is 1.42. The third kappa shape index (κ3) is 4.07. The normalized spacial score (nSPS) is 10.2. The maximum absolute atomic E-state index is 11.5. The molecule has 2 amide bonds. The van der Waals surface area contributed by atoms with E-state index >= 15 is 0 Å². The van der Waals surface area contributed by atoms with Crippen LogP contribution in [-0.2, 0) is 9.59 Å². The predicted molar refractivity (Wildman–Crippen MR) is 68.1 cm³/mol. The Labute approximate surface area is 105 Å². The second kappa shape index (κ2) is 5.68. The zero-order valence-corrected chi connectivity index (χ0v) is 10.8. The fourth-order valence-electron chi connectivity index (χ4n) is 1.19. The van der Waals surface area contributed by atoms with Gasteiger partial charge in [-0.25, -0.2) is 0 Å². The minimum atomic E-state index is -0.696. The third-order valence-corrected chi connectivity index (χ3v) is 2.46. The highest BCUT2D eigenvalue weighted by molar-refractivity contribution is 6.40. The predicted octanol–water partition coefficient (Wildman–Crippen LogP) is 2.11. The van der Waals surface area contributed by atoms with E-state index in [1.54, 1.807) is 32.0 Å². The lowest BCUT2D eigenvalue weighted by Crippen LogP contribution is -2.39. The zero-order valence-electron chi connectivity index (χ0n) is 10.0. The minimum Gasteiger partial charge on any atom is -0.346 e. The van der Waals surface area contributed by atoms with Crippen LogP contribution in [0, 0.1) is 6.92 Å². The van der Waals surface area contributed by atoms with Crippen molar-refractivity contribution in [2.75, 3.05) is 5.32 Å². The molecule has 0 radical (unpaired) electrons. The molecule has 0 fully saturated rings. The SMILES string of the molecule is Cc1ccc(NC(=O)C(=O)NC(C)C)cc1Cl. The molecule has 0 aliphatic carbocycles. The van der Waals surface area contributed by atoms with Gasteiger partial charge < -0.3 is 10.6 Å². The molecule has 0 heterocycles. The van der Waals surface area contributed by atoms with E-state index < -0.39 is 11.8 Å². The van der Waals surface area contributed by atoms with Gasteiger partial charge in [-0.15, -0.1) is 0 Å². The summed E-state index contributed by atoms with van der Waals surface area (Å²) in [7, 11) is 0. The van der Waals surface area contributed by atoms with Crippen molar-refractivity contribution in [3.05, 3.63) is 28.8 Å². The lowest BCUT2D eigenvalue weighted by Gasteiger charge is -2.09. The van der Waals surface area contributed by atoms with Crippen LogP contribution in [0.25, 0.3) is 0 Å². The first-order chi connectivity index (χ1) is 7.90. The molecule has 0 aliphatic rings. The number of halogens is 1. The first-order valence-corrected chi connectivity index (χ1v) is 5.66. The summed E-state index contributed by atoms with van der Waals surface area (Å²) in [6, 6.07) is 5.01. The highest BCUT2D eigenvalue weighted by Gasteiger charge is 2.14. The van der Waals surface area contributed by atoms with Crippen LogP contribution in [0.2, 0.25) is 5.02 Å². The first-order valence-electron chi connectivity index (χ1n) is 5.28. The Morgan fingerprint density at radius 2 is 1.88 bits per heavy atom. The smallest absolute Gasteiger partial charge is 0.313 e. The monoisotopic (exact) mass is 254 g/mol. The average Bonchev–Trinajstić information content (AvgIpc) is 2.22. The van der Waals surface area contributed by atoms with E-state index in [4.69, 9.17) is 11.6 Å². The Balaban J connectivity index is 2.68. The molecule has 0 aliphatic heterocycles. The Morgan fingerprint density at radius 3 is 2.41 bits per heavy atom. The van der Waals surface area contributed by atoms with Crippen LogP contribution in [0.3, 0.4) is 0 Å². The second-order valence-corrected chi connectivity index (χ2v) is 4.45. The van der Waals surface area contributed by atoms with Gasteiger partial charge in [-0.05, 0) is 38.5 Å². The highest BCUT2D eigenvalue weighted by atomic mass is 35.5. The van der Waals surface area contributed by atoms with Gasteiger partial charge in [0.05, 0.1) is 0 Å². The Morgan fingerprint density at radius 1 is 1.24 bits per heavy atom. The molecular weight excluding hydrogens is 240 g/mol. The summed E-state index contributed by atoms with van der Waals surface area (Å²) in [6.45, 7) is 5.43. The standard InChI is InChI=1S/C12H15ClN2O2/c1-7(2)14-11(16)12(17)15-9-5-4-8(3)10(13)6-9/h4-7H,1-3H3,(H,14,16)(H,15,17). The van der Waals surface area contributed by atoms with E-state index in [0.29, 0.717) is 10.7 Å². The molecule has 0 spiro atoms. The summed E-state index contributed by atoms with van der Waals surface area (Å²) in [6.07, 6.45) is 0. The molecule has 4 nitrogen and oxygen atoms in total. The zero-order chi connectivity index (χ0) is 13.0. The van der Waals surface area contributed by atoms with Crippen LogP contribution >= 0.6 is 11.6 Å². The van der Waals surface area contributed by atoms with E-state index in [1.807, 2.05) is 6.92 Å². The van der Waals surface area contributed by atoms with Gasteiger partial charge in [0.1, 0.15) is 0 Å². The number of benzene rings is 1. The van der Waals surface area contributed by atoms with Crippen LogP contribution in [0.15, 0.2) is 18.2 Å². The summed E-state index contributed by atoms with van der Waals surface area (Å²) in [4.78, 5) is 22.8. The number of rotatable bonds is 2. The van der Waals surface area contributed by atoms with Crippen molar-refractivity contribution in [3.8, 4) is 0 Å². The number of nitrogens with one attached hydrogen (secondary N) is 2. The molecule has 0 bridgehead atoms. The first kappa shape index (κ1) is 13.5. The van der Waals surface area contributed by atoms with Crippen molar-refractivity contribution in [2.45, 2.75) is 26.8 Å². The molecule has 1 rings (SSSR count). The van der Waals surface area contributed by atoms with E-state index in [0.717, 1.165) is 5.56 Å². The van der Waals surface area contributed by atoms with E-state index in [1.165, 1.54) is 0 Å². The number of aryl methyl sites for hydroxylation is 1. The van der Waals surface area contributed by atoms with Crippen molar-refractivity contribution in [1.29, 1.82) is 0 Å². The largest absolute Gasteiger partial charge is 0.346 e. The van der Waals surface area contributed by atoms with Gasteiger partial charge in [-0.2, -0.15) is 0 Å².